The van der Waals surface area contributed by atoms with Gasteiger partial charge in [0.15, 0.2) is 12.4 Å². The average Bonchev–Trinajstić information content (AvgIpc) is 2.91. The number of rotatable bonds is 7. The molecule has 14 heteroatoms. The molecule has 0 radical (unpaired) electrons. The Hall–Kier alpha value is -5.19. The summed E-state index contributed by atoms with van der Waals surface area (Å²) in [6, 6.07) is 17.1. The van der Waals surface area contributed by atoms with E-state index in [1.165, 1.54) is 54.6 Å². The lowest BCUT2D eigenvalue weighted by Crippen LogP contribution is -2.20. The highest BCUT2D eigenvalue weighted by atomic mass is 19.4. The van der Waals surface area contributed by atoms with Crippen molar-refractivity contribution in [2.45, 2.75) is 12.4 Å². The number of carbonyl (C=O) groups is 1. The van der Waals surface area contributed by atoms with Gasteiger partial charge < -0.3 is 15.4 Å². The number of alkyl halides is 6. The minimum absolute atomic E-state index is 0.0886. The van der Waals surface area contributed by atoms with E-state index in [0.717, 1.165) is 18.2 Å². The highest BCUT2D eigenvalue weighted by Gasteiger charge is 2.31. The number of hydrogen-bond donors (Lipinski definition) is 2. The molecule has 0 saturated heterocycles. The van der Waals surface area contributed by atoms with Gasteiger partial charge in [-0.05, 0) is 48.5 Å². The summed E-state index contributed by atoms with van der Waals surface area (Å²) in [6.07, 6.45) is -9.35. The summed E-state index contributed by atoms with van der Waals surface area (Å²) in [4.78, 5) is 24.4. The van der Waals surface area contributed by atoms with E-state index in [1.807, 2.05) is 6.07 Å². The quantitative estimate of drug-likeness (QED) is 0.254. The summed E-state index contributed by atoms with van der Waals surface area (Å²) in [5.41, 5.74) is -0.0948. The molecule has 0 atom stereocenters. The fourth-order valence-corrected chi connectivity index (χ4v) is 3.32. The molecule has 0 spiro atoms. The van der Waals surface area contributed by atoms with E-state index < -0.39 is 36.4 Å². The molecule has 204 valence electrons. The topological polar surface area (TPSA) is 113 Å². The van der Waals surface area contributed by atoms with Crippen molar-refractivity contribution in [2.24, 2.45) is 0 Å². The Bertz CT molecular complexity index is 1580. The zero-order chi connectivity index (χ0) is 28.9. The molecule has 0 fully saturated rings. The molecule has 0 unspecified atom stereocenters. The molecular formula is C26H16F6N6O2. The maximum atomic E-state index is 13.1. The van der Waals surface area contributed by atoms with Gasteiger partial charge in [-0.2, -0.15) is 46.6 Å². The molecule has 0 aliphatic rings. The van der Waals surface area contributed by atoms with E-state index in [-0.39, 0.29) is 39.8 Å². The summed E-state index contributed by atoms with van der Waals surface area (Å²) < 4.78 is 82.2. The van der Waals surface area contributed by atoms with Gasteiger partial charge in [0.1, 0.15) is 0 Å². The van der Waals surface area contributed by atoms with Gasteiger partial charge in [0.25, 0.3) is 5.91 Å². The van der Waals surface area contributed by atoms with Crippen LogP contribution >= 0.6 is 0 Å². The van der Waals surface area contributed by atoms with Crippen LogP contribution in [-0.4, -0.2) is 33.6 Å². The number of hydrogen-bond acceptors (Lipinski definition) is 7. The van der Waals surface area contributed by atoms with Gasteiger partial charge in [-0.15, -0.1) is 0 Å². The van der Waals surface area contributed by atoms with E-state index in [0.29, 0.717) is 0 Å². The molecule has 0 aliphatic carbocycles. The maximum absolute atomic E-state index is 13.1. The molecule has 1 aromatic heterocycles. The van der Waals surface area contributed by atoms with Gasteiger partial charge in [-0.1, -0.05) is 24.3 Å². The van der Waals surface area contributed by atoms with Gasteiger partial charge in [0, 0.05) is 22.5 Å². The van der Waals surface area contributed by atoms with E-state index in [9.17, 15) is 31.1 Å². The number of amides is 1. The second-order valence-corrected chi connectivity index (χ2v) is 8.10. The minimum atomic E-state index is -4.71. The molecule has 3 aromatic carbocycles. The van der Waals surface area contributed by atoms with Crippen molar-refractivity contribution < 1.29 is 35.9 Å². The van der Waals surface area contributed by atoms with Crippen LogP contribution in [0.15, 0.2) is 72.8 Å². The summed E-state index contributed by atoms with van der Waals surface area (Å²) in [5, 5.41) is 14.2. The smallest absolute Gasteiger partial charge is 0.422 e. The Morgan fingerprint density at radius 2 is 1.60 bits per heavy atom. The standard InChI is InChI=1S/C26H16F6N6O2/c27-25(28,29)14-40-24-37-21(36-23(38-24)35-20-9-3-7-18(12-20)26(30,31)32)16-5-2-8-19(11-16)34-22(39)17-6-1-4-15(10-17)13-33/h1-12H,14H2,(H,34,39)(H,35,36,37,38). The van der Waals surface area contributed by atoms with Crippen LogP contribution < -0.4 is 15.4 Å². The van der Waals surface area contributed by atoms with E-state index in [2.05, 4.69) is 30.3 Å². The zero-order valence-corrected chi connectivity index (χ0v) is 20.0. The van der Waals surface area contributed by atoms with Gasteiger partial charge >= 0.3 is 18.4 Å². The van der Waals surface area contributed by atoms with E-state index >= 15 is 0 Å². The molecule has 4 rings (SSSR count). The van der Waals surface area contributed by atoms with Crippen molar-refractivity contribution in [3.8, 4) is 23.5 Å². The lowest BCUT2D eigenvalue weighted by molar-refractivity contribution is -0.154. The summed E-state index contributed by atoms with van der Waals surface area (Å²) >= 11 is 0. The van der Waals surface area contributed by atoms with Crippen LogP contribution in [0.4, 0.5) is 43.7 Å². The number of carbonyl (C=O) groups excluding carboxylic acids is 1. The van der Waals surface area contributed by atoms with E-state index in [4.69, 9.17) is 5.26 Å². The summed E-state index contributed by atoms with van der Waals surface area (Å²) in [7, 11) is 0. The number of nitrogens with zero attached hydrogens (tertiary/aromatic N) is 4. The van der Waals surface area contributed by atoms with Crippen LogP contribution in [-0.2, 0) is 6.18 Å². The number of ether oxygens (including phenoxy) is 1. The van der Waals surface area contributed by atoms with Crippen molar-refractivity contribution >= 4 is 23.2 Å². The number of nitriles is 1. The summed E-state index contributed by atoms with van der Waals surface area (Å²) in [6.45, 7) is -1.72. The molecule has 0 saturated carbocycles. The minimum Gasteiger partial charge on any atom is -0.454 e. The van der Waals surface area contributed by atoms with E-state index in [1.54, 1.807) is 0 Å². The molecule has 8 nitrogen and oxygen atoms in total. The molecule has 4 aromatic rings. The summed E-state index contributed by atoms with van der Waals surface area (Å²) in [5.74, 6) is -1.11. The average molecular weight is 558 g/mol. The van der Waals surface area contributed by atoms with Crippen LogP contribution in [0.1, 0.15) is 21.5 Å². The number of anilines is 3. The van der Waals surface area contributed by atoms with Gasteiger partial charge in [0.2, 0.25) is 5.95 Å². The second-order valence-electron chi connectivity index (χ2n) is 8.10. The lowest BCUT2D eigenvalue weighted by Gasteiger charge is -2.13. The first-order chi connectivity index (χ1) is 18.9. The van der Waals surface area contributed by atoms with Crippen molar-refractivity contribution in [3.05, 3.63) is 89.5 Å². The Labute approximate surface area is 222 Å². The normalized spacial score (nSPS) is 11.4. The fraction of sp³-hybridized carbons (Fsp3) is 0.115. The molecule has 1 amide bonds. The molecule has 0 aliphatic heterocycles. The van der Waals surface area contributed by atoms with Crippen molar-refractivity contribution in [3.63, 3.8) is 0 Å². The molecular weight excluding hydrogens is 542 g/mol. The molecule has 40 heavy (non-hydrogen) atoms. The first-order valence-corrected chi connectivity index (χ1v) is 11.2. The zero-order valence-electron chi connectivity index (χ0n) is 20.0. The first kappa shape index (κ1) is 27.8. The van der Waals surface area contributed by atoms with Gasteiger partial charge in [-0.3, -0.25) is 4.79 Å². The Morgan fingerprint density at radius 1 is 0.875 bits per heavy atom. The highest BCUT2D eigenvalue weighted by Crippen LogP contribution is 2.31. The van der Waals surface area contributed by atoms with Gasteiger partial charge in [0.05, 0.1) is 17.2 Å². The third kappa shape index (κ3) is 7.44. The lowest BCUT2D eigenvalue weighted by atomic mass is 10.1. The number of halogens is 6. The van der Waals surface area contributed by atoms with Crippen LogP contribution in [0, 0.1) is 11.3 Å². The van der Waals surface area contributed by atoms with Crippen LogP contribution in [0.5, 0.6) is 6.01 Å². The molecule has 0 bridgehead atoms. The van der Waals surface area contributed by atoms with Crippen LogP contribution in [0.3, 0.4) is 0 Å². The molecule has 1 heterocycles. The Morgan fingerprint density at radius 3 is 2.33 bits per heavy atom. The fourth-order valence-electron chi connectivity index (χ4n) is 3.32. The third-order valence-electron chi connectivity index (χ3n) is 5.06. The van der Waals surface area contributed by atoms with Gasteiger partial charge in [-0.25, -0.2) is 0 Å². The van der Waals surface area contributed by atoms with Crippen LogP contribution in [0.2, 0.25) is 0 Å². The molecule has 2 N–H and O–H groups in total. The first-order valence-electron chi connectivity index (χ1n) is 11.2. The maximum Gasteiger partial charge on any atom is 0.422 e. The Balaban J connectivity index is 1.65. The number of benzene rings is 3. The predicted molar refractivity (Wildman–Crippen MR) is 131 cm³/mol. The van der Waals surface area contributed by atoms with Crippen molar-refractivity contribution in [1.29, 1.82) is 5.26 Å². The number of nitrogens with one attached hydrogen (secondary N) is 2. The number of aromatic nitrogens is 3. The Kier molecular flexibility index (Phi) is 7.85. The largest absolute Gasteiger partial charge is 0.454 e. The highest BCUT2D eigenvalue weighted by molar-refractivity contribution is 6.04. The second kappa shape index (κ2) is 11.3. The van der Waals surface area contributed by atoms with Crippen molar-refractivity contribution in [2.75, 3.05) is 17.2 Å². The van der Waals surface area contributed by atoms with Crippen LogP contribution in [0.25, 0.3) is 11.4 Å². The van der Waals surface area contributed by atoms with Crippen molar-refractivity contribution in [1.82, 2.24) is 15.0 Å². The monoisotopic (exact) mass is 558 g/mol. The predicted octanol–water partition coefficient (Wildman–Crippen LogP) is 6.37. The SMILES string of the molecule is N#Cc1cccc(C(=O)Nc2cccc(-c3nc(Nc4cccc(C(F)(F)F)c4)nc(OCC(F)(F)F)n3)c2)c1. The third-order valence-corrected chi connectivity index (χ3v) is 5.06.